The molecule has 0 radical (unpaired) electrons. The quantitative estimate of drug-likeness (QED) is 0.856. The van der Waals surface area contributed by atoms with Crippen LogP contribution in [0.3, 0.4) is 0 Å². The van der Waals surface area contributed by atoms with Gasteiger partial charge in [0.25, 0.3) is 0 Å². The van der Waals surface area contributed by atoms with Crippen molar-refractivity contribution in [1.82, 2.24) is 14.9 Å². The highest BCUT2D eigenvalue weighted by atomic mass is 15.0. The minimum atomic E-state index is 0.750. The highest BCUT2D eigenvalue weighted by Crippen LogP contribution is 2.20. The standard InChI is InChI=1S/C14H19N3/c1-11-8-13-5-3-7-16-14(13)17(11)10-12-4-2-6-15-9-12/h3,5,7-8,12,15H,2,4,6,9-10H2,1H3. The number of rotatable bonds is 2. The summed E-state index contributed by atoms with van der Waals surface area (Å²) in [5.74, 6) is 0.750. The van der Waals surface area contributed by atoms with Crippen molar-refractivity contribution in [2.75, 3.05) is 13.1 Å². The highest BCUT2D eigenvalue weighted by Gasteiger charge is 2.15. The van der Waals surface area contributed by atoms with Crippen molar-refractivity contribution < 1.29 is 0 Å². The van der Waals surface area contributed by atoms with E-state index in [4.69, 9.17) is 0 Å². The first kappa shape index (κ1) is 10.8. The molecule has 1 fully saturated rings. The van der Waals surface area contributed by atoms with Gasteiger partial charge in [-0.15, -0.1) is 0 Å². The first-order chi connectivity index (χ1) is 8.34. The average Bonchev–Trinajstić information content (AvgIpc) is 2.68. The first-order valence-corrected chi connectivity index (χ1v) is 6.46. The number of aryl methyl sites for hydroxylation is 1. The van der Waals surface area contributed by atoms with E-state index in [2.05, 4.69) is 33.9 Å². The third-order valence-electron chi connectivity index (χ3n) is 3.70. The molecule has 0 amide bonds. The molecule has 1 atom stereocenters. The van der Waals surface area contributed by atoms with Gasteiger partial charge < -0.3 is 9.88 Å². The van der Waals surface area contributed by atoms with Crippen LogP contribution in [-0.2, 0) is 6.54 Å². The van der Waals surface area contributed by atoms with Crippen LogP contribution in [0.5, 0.6) is 0 Å². The van der Waals surface area contributed by atoms with E-state index in [0.717, 1.165) is 24.7 Å². The van der Waals surface area contributed by atoms with E-state index in [1.54, 1.807) is 0 Å². The van der Waals surface area contributed by atoms with Gasteiger partial charge in [0.05, 0.1) is 0 Å². The van der Waals surface area contributed by atoms with Crippen molar-refractivity contribution in [3.63, 3.8) is 0 Å². The van der Waals surface area contributed by atoms with Gasteiger partial charge in [-0.05, 0) is 57.0 Å². The van der Waals surface area contributed by atoms with Gasteiger partial charge in [0.1, 0.15) is 5.65 Å². The molecule has 0 spiro atoms. The Morgan fingerprint density at radius 2 is 2.47 bits per heavy atom. The summed E-state index contributed by atoms with van der Waals surface area (Å²) in [5, 5.41) is 4.74. The fourth-order valence-electron chi connectivity index (χ4n) is 2.79. The molecular weight excluding hydrogens is 210 g/mol. The number of nitrogens with one attached hydrogen (secondary N) is 1. The molecular formula is C14H19N3. The van der Waals surface area contributed by atoms with Crippen molar-refractivity contribution in [2.24, 2.45) is 5.92 Å². The third-order valence-corrected chi connectivity index (χ3v) is 3.70. The van der Waals surface area contributed by atoms with Crippen LogP contribution in [0.2, 0.25) is 0 Å². The number of hydrogen-bond acceptors (Lipinski definition) is 2. The Morgan fingerprint density at radius 1 is 1.53 bits per heavy atom. The fourth-order valence-corrected chi connectivity index (χ4v) is 2.79. The molecule has 1 saturated heterocycles. The van der Waals surface area contributed by atoms with E-state index in [1.165, 1.54) is 30.5 Å². The molecule has 17 heavy (non-hydrogen) atoms. The maximum absolute atomic E-state index is 4.51. The Hall–Kier alpha value is -1.35. The second kappa shape index (κ2) is 4.49. The summed E-state index contributed by atoms with van der Waals surface area (Å²) in [6.45, 7) is 5.60. The van der Waals surface area contributed by atoms with Crippen LogP contribution in [0.15, 0.2) is 24.4 Å². The lowest BCUT2D eigenvalue weighted by Gasteiger charge is -2.24. The van der Waals surface area contributed by atoms with Gasteiger partial charge in [-0.1, -0.05) is 0 Å². The van der Waals surface area contributed by atoms with Crippen molar-refractivity contribution in [3.8, 4) is 0 Å². The number of fused-ring (bicyclic) bond motifs is 1. The molecule has 1 aliphatic heterocycles. The molecule has 1 aliphatic rings. The fraction of sp³-hybridized carbons (Fsp3) is 0.500. The smallest absolute Gasteiger partial charge is 0.140 e. The van der Waals surface area contributed by atoms with Gasteiger partial charge in [0, 0.05) is 23.8 Å². The SMILES string of the molecule is Cc1cc2cccnc2n1CC1CCCNC1. The van der Waals surface area contributed by atoms with Crippen molar-refractivity contribution in [3.05, 3.63) is 30.1 Å². The monoisotopic (exact) mass is 229 g/mol. The Balaban J connectivity index is 1.90. The predicted molar refractivity (Wildman–Crippen MR) is 70.1 cm³/mol. The summed E-state index contributed by atoms with van der Waals surface area (Å²) in [6.07, 6.45) is 4.52. The van der Waals surface area contributed by atoms with E-state index in [9.17, 15) is 0 Å². The summed E-state index contributed by atoms with van der Waals surface area (Å²) in [6, 6.07) is 6.39. The van der Waals surface area contributed by atoms with Gasteiger partial charge in [-0.3, -0.25) is 0 Å². The number of hydrogen-bond donors (Lipinski definition) is 1. The molecule has 2 aromatic heterocycles. The summed E-state index contributed by atoms with van der Waals surface area (Å²) >= 11 is 0. The minimum absolute atomic E-state index is 0.750. The number of nitrogens with zero attached hydrogens (tertiary/aromatic N) is 2. The lowest BCUT2D eigenvalue weighted by molar-refractivity contribution is 0.338. The zero-order valence-electron chi connectivity index (χ0n) is 10.3. The van der Waals surface area contributed by atoms with Crippen LogP contribution < -0.4 is 5.32 Å². The predicted octanol–water partition coefficient (Wildman–Crippen LogP) is 2.34. The van der Waals surface area contributed by atoms with E-state index >= 15 is 0 Å². The molecule has 3 nitrogen and oxygen atoms in total. The van der Waals surface area contributed by atoms with E-state index < -0.39 is 0 Å². The van der Waals surface area contributed by atoms with Crippen LogP contribution in [0.25, 0.3) is 11.0 Å². The Morgan fingerprint density at radius 3 is 3.29 bits per heavy atom. The first-order valence-electron chi connectivity index (χ1n) is 6.46. The lowest BCUT2D eigenvalue weighted by Crippen LogP contribution is -2.32. The van der Waals surface area contributed by atoms with E-state index in [-0.39, 0.29) is 0 Å². The van der Waals surface area contributed by atoms with Crippen LogP contribution in [0.4, 0.5) is 0 Å². The van der Waals surface area contributed by atoms with Gasteiger partial charge in [0.2, 0.25) is 0 Å². The van der Waals surface area contributed by atoms with Crippen LogP contribution in [0, 0.1) is 12.8 Å². The normalized spacial score (nSPS) is 20.9. The number of piperidine rings is 1. The van der Waals surface area contributed by atoms with Crippen LogP contribution >= 0.6 is 0 Å². The zero-order chi connectivity index (χ0) is 11.7. The zero-order valence-corrected chi connectivity index (χ0v) is 10.3. The van der Waals surface area contributed by atoms with Crippen LogP contribution in [0.1, 0.15) is 18.5 Å². The minimum Gasteiger partial charge on any atom is -0.330 e. The molecule has 1 unspecified atom stereocenters. The molecule has 3 rings (SSSR count). The molecule has 0 bridgehead atoms. The van der Waals surface area contributed by atoms with Gasteiger partial charge in [-0.25, -0.2) is 4.98 Å². The maximum Gasteiger partial charge on any atom is 0.140 e. The molecule has 90 valence electrons. The molecule has 2 aromatic rings. The molecule has 1 N–H and O–H groups in total. The largest absolute Gasteiger partial charge is 0.330 e. The molecule has 3 heteroatoms. The van der Waals surface area contributed by atoms with Gasteiger partial charge in [-0.2, -0.15) is 0 Å². The van der Waals surface area contributed by atoms with E-state index in [1.807, 2.05) is 12.3 Å². The summed E-state index contributed by atoms with van der Waals surface area (Å²) < 4.78 is 2.37. The summed E-state index contributed by atoms with van der Waals surface area (Å²) in [7, 11) is 0. The summed E-state index contributed by atoms with van der Waals surface area (Å²) in [5.41, 5.74) is 2.46. The third kappa shape index (κ3) is 2.07. The Labute approximate surface area is 102 Å². The van der Waals surface area contributed by atoms with Gasteiger partial charge in [0.15, 0.2) is 0 Å². The topological polar surface area (TPSA) is 29.9 Å². The highest BCUT2D eigenvalue weighted by molar-refractivity contribution is 5.77. The Bertz CT molecular complexity index is 509. The second-order valence-electron chi connectivity index (χ2n) is 5.02. The van der Waals surface area contributed by atoms with Crippen molar-refractivity contribution in [1.29, 1.82) is 0 Å². The number of aromatic nitrogens is 2. The maximum atomic E-state index is 4.51. The lowest BCUT2D eigenvalue weighted by atomic mass is 10.00. The molecule has 0 saturated carbocycles. The summed E-state index contributed by atoms with van der Waals surface area (Å²) in [4.78, 5) is 4.51. The number of pyridine rings is 1. The van der Waals surface area contributed by atoms with Gasteiger partial charge >= 0.3 is 0 Å². The molecule has 3 heterocycles. The second-order valence-corrected chi connectivity index (χ2v) is 5.02. The molecule has 0 aromatic carbocycles. The van der Waals surface area contributed by atoms with Crippen molar-refractivity contribution >= 4 is 11.0 Å². The average molecular weight is 229 g/mol. The van der Waals surface area contributed by atoms with Crippen LogP contribution in [-0.4, -0.2) is 22.6 Å². The van der Waals surface area contributed by atoms with E-state index in [0.29, 0.717) is 0 Å². The van der Waals surface area contributed by atoms with Crippen molar-refractivity contribution in [2.45, 2.75) is 26.3 Å². The Kier molecular flexibility index (Phi) is 2.85. The molecule has 0 aliphatic carbocycles.